The van der Waals surface area contributed by atoms with Gasteiger partial charge in [0.25, 0.3) is 0 Å². The monoisotopic (exact) mass is 1250 g/mol. The summed E-state index contributed by atoms with van der Waals surface area (Å²) in [6.07, 6.45) is -54.6. The van der Waals surface area contributed by atoms with E-state index in [0.29, 0.717) is 0 Å². The second kappa shape index (κ2) is 29.1. The first-order valence-corrected chi connectivity index (χ1v) is 26.8. The summed E-state index contributed by atoms with van der Waals surface area (Å²) in [6.45, 7) is -4.67. The van der Waals surface area contributed by atoms with Crippen molar-refractivity contribution >= 4 is 126 Å². The van der Waals surface area contributed by atoms with Crippen LogP contribution in [0.5, 0.6) is 0 Å². The quantitative estimate of drug-likeness (QED) is 0.0257. The maximum absolute atomic E-state index is 12.1. The van der Waals surface area contributed by atoms with Gasteiger partial charge in [-0.25, -0.2) is 12.5 Å². The van der Waals surface area contributed by atoms with E-state index in [-0.39, 0.29) is 102 Å². The van der Waals surface area contributed by atoms with E-state index in [4.69, 9.17) is 69.9 Å². The molecule has 443 valence electrons. The maximum atomic E-state index is 12.1. The van der Waals surface area contributed by atoms with Crippen LogP contribution in [-0.2, 0) is 110 Å². The van der Waals surface area contributed by atoms with Crippen LogP contribution in [0.2, 0.25) is 0 Å². The summed E-state index contributed by atoms with van der Waals surface area (Å²) >= 11 is 0. The molecular weight excluding hydrogens is 1190 g/mol. The van der Waals surface area contributed by atoms with Crippen molar-refractivity contribution in [3.8, 4) is 0 Å². The molecule has 8 heterocycles. The number of aliphatic hydroxyl groups is 11. The Kier molecular flexibility index (Phi) is 26.2. The predicted octanol–water partition coefficient (Wildman–Crippen LogP) is -12.8. The molecule has 0 aromatic heterocycles. The van der Waals surface area contributed by atoms with Gasteiger partial charge in [0.15, 0.2) is 37.7 Å². The topological polar surface area (TPSA) is 550 Å². The second-order valence-corrected chi connectivity index (χ2v) is 21.4. The molecule has 37 nitrogen and oxygen atoms in total. The van der Waals surface area contributed by atoms with Crippen LogP contribution in [0.1, 0.15) is 0 Å². The molecule has 8 saturated heterocycles. The van der Waals surface area contributed by atoms with Gasteiger partial charge in [-0.05, 0) is 0 Å². The van der Waals surface area contributed by atoms with Gasteiger partial charge in [0.1, 0.15) is 146 Å². The number of hydrogen-bond acceptors (Lipinski definition) is 34. The van der Waals surface area contributed by atoms with Crippen LogP contribution < -0.4 is 0 Å². The molecule has 8 aliphatic rings. The number of rotatable bonds is 23. The number of aliphatic hydroxyl groups excluding tert-OH is 11. The van der Waals surface area contributed by atoms with Crippen LogP contribution >= 0.6 is 0 Å². The van der Waals surface area contributed by atoms with E-state index >= 15 is 0 Å². The average molecular weight is 1250 g/mol. The number of carbonyl (C=O) groups excluding carboxylic acids is 1. The van der Waals surface area contributed by atoms with Crippen molar-refractivity contribution in [3.63, 3.8) is 0 Å². The zero-order valence-electron chi connectivity index (χ0n) is 41.4. The first kappa shape index (κ1) is 71.1. The average Bonchev–Trinajstić information content (AvgIpc) is 4.09. The van der Waals surface area contributed by atoms with Crippen molar-refractivity contribution in [2.45, 2.75) is 178 Å². The van der Waals surface area contributed by atoms with Gasteiger partial charge in [-0.15, -0.1) is 0 Å². The molecule has 0 saturated carbocycles. The minimum atomic E-state index is -5.51. The Morgan fingerprint density at radius 3 is 1.27 bits per heavy atom. The minimum absolute atomic E-state index is 0. The molecule has 29 atom stereocenters. The Morgan fingerprint density at radius 2 is 0.848 bits per heavy atom. The number of hydrogen-bond donors (Lipinski definition) is 14. The van der Waals surface area contributed by atoms with Gasteiger partial charge in [-0.2, -0.15) is 25.3 Å². The van der Waals surface area contributed by atoms with Crippen LogP contribution in [0.15, 0.2) is 0 Å². The van der Waals surface area contributed by atoms with Crippen LogP contribution in [0.4, 0.5) is 0 Å². The minimum Gasteiger partial charge on any atom is -0.394 e. The number of fused-ring (bicyclic) bond motifs is 6. The predicted molar refractivity (Wildman–Crippen MR) is 239 cm³/mol. The largest absolute Gasteiger partial charge is 0.397 e. The molecule has 8 aliphatic heterocycles. The molecule has 6 bridgehead atoms. The van der Waals surface area contributed by atoms with Crippen molar-refractivity contribution in [1.29, 1.82) is 0 Å². The maximum Gasteiger partial charge on any atom is 0.397 e. The Balaban J connectivity index is 0.00000383. The molecule has 43 heteroatoms. The molecular formula is C36H56Na3O37S3. The zero-order valence-corrected chi connectivity index (χ0v) is 49.9. The van der Waals surface area contributed by atoms with E-state index in [2.05, 4.69) is 4.18 Å². The first-order valence-electron chi connectivity index (χ1n) is 22.7. The molecule has 0 spiro atoms. The molecule has 8 rings (SSSR count). The summed E-state index contributed by atoms with van der Waals surface area (Å²) in [4.78, 5) is 11.6. The van der Waals surface area contributed by atoms with Crippen LogP contribution in [0, 0.1) is 0 Å². The standard InChI is InChI=1S/C36H56O37S3.3Na/c37-1-8(41)21(22(9(42)2-38)71-74(49,50)51)66-33-17(45)28-23(13(64-33)6-59-28)67-36-20(48)31(26(11(4-40)62-36)73-76(55,56)57)70-34-18(46)29-24(14(65-34)7-60-29)68-35-19(47)30(25(10(3-39)61-35)72-75(52,53)54)69-32-16(44)27-15(43)12(63-32)5-58-27;;;/h1,8-36,38-48H,2-7H2,(H,49,50,51)(H,52,53,54)(H,55,56,57);;;/t8-,9+,10+,11+,12+,13+,14+,15-,16+,17+,18+,19+,20+,21+,22-,23-,24-,25-,26-,27-,28+,29+,30+,31+,32+,33+,34+,35-,36-;;;/m0.../s1. The van der Waals surface area contributed by atoms with Crippen LogP contribution in [0.3, 0.4) is 0 Å². The fourth-order valence-electron chi connectivity index (χ4n) is 9.88. The Hall–Kier alpha value is 1.32. The van der Waals surface area contributed by atoms with E-state index < -0.39 is 242 Å². The zero-order chi connectivity index (χ0) is 55.5. The van der Waals surface area contributed by atoms with Crippen molar-refractivity contribution < 1.29 is 174 Å². The molecule has 0 unspecified atom stereocenters. The van der Waals surface area contributed by atoms with Gasteiger partial charge < -0.3 is 123 Å². The second-order valence-electron chi connectivity index (χ2n) is 18.3. The van der Waals surface area contributed by atoms with Gasteiger partial charge in [0.05, 0.1) is 39.6 Å². The molecule has 3 radical (unpaired) electrons. The SMILES string of the molecule is O=C[C@H](O)[C@@H](O[C@H]1O[C@@H]2CO[C@H]([C@H]1O)[C@H]2O[C@@H]1O[C@H](CO)[C@H](OS(=O)(=O)O)[C@H](O[C@H]2O[C@@H]3CO[C@H]([C@H]2O)[C@H]3O[C@@H]2O[C@H](CO)[C@H](OS(=O)(=O)O)[C@H](O[C@H]3O[C@@H]4CO[C@@H]([C@H]4O)[C@H]3O)[C@H]2O)[C@H]1O)[C@@H](OS(=O)(=O)O)[C@H](O)CO.[Na].[Na].[Na]. The van der Waals surface area contributed by atoms with E-state index in [1.54, 1.807) is 0 Å². The Bertz CT molecular complexity index is 2320. The summed E-state index contributed by atoms with van der Waals surface area (Å²) in [6, 6.07) is 0. The fraction of sp³-hybridized carbons (Fsp3) is 0.972. The van der Waals surface area contributed by atoms with Crippen LogP contribution in [-0.4, -0.2) is 408 Å². The molecule has 0 amide bonds. The van der Waals surface area contributed by atoms with Gasteiger partial charge in [-0.1, -0.05) is 0 Å². The smallest absolute Gasteiger partial charge is 0.394 e. The van der Waals surface area contributed by atoms with Gasteiger partial charge in [-0.3, -0.25) is 13.7 Å². The van der Waals surface area contributed by atoms with Gasteiger partial charge in [0, 0.05) is 88.7 Å². The molecule has 0 aliphatic carbocycles. The van der Waals surface area contributed by atoms with Gasteiger partial charge in [0.2, 0.25) is 0 Å². The van der Waals surface area contributed by atoms with E-state index in [9.17, 15) is 99.9 Å². The van der Waals surface area contributed by atoms with Crippen molar-refractivity contribution in [2.24, 2.45) is 0 Å². The Labute approximate surface area is 513 Å². The van der Waals surface area contributed by atoms with E-state index in [1.165, 1.54) is 0 Å². The summed E-state index contributed by atoms with van der Waals surface area (Å²) in [5.74, 6) is 0. The third kappa shape index (κ3) is 16.2. The summed E-state index contributed by atoms with van der Waals surface area (Å²) < 4.78 is 187. The number of carbonyl (C=O) groups is 1. The molecule has 8 fully saturated rings. The summed E-state index contributed by atoms with van der Waals surface area (Å²) in [7, 11) is -16.4. The van der Waals surface area contributed by atoms with Crippen molar-refractivity contribution in [3.05, 3.63) is 0 Å². The molecule has 79 heavy (non-hydrogen) atoms. The van der Waals surface area contributed by atoms with Crippen molar-refractivity contribution in [1.82, 2.24) is 0 Å². The number of ether oxygens (including phenoxy) is 13. The normalized spacial score (nSPS) is 44.6. The fourth-order valence-corrected chi connectivity index (χ4v) is 11.4. The third-order valence-corrected chi connectivity index (χ3v) is 14.7. The van der Waals surface area contributed by atoms with E-state index in [1.807, 2.05) is 0 Å². The summed E-state index contributed by atoms with van der Waals surface area (Å²) in [5, 5.41) is 118. The summed E-state index contributed by atoms with van der Waals surface area (Å²) in [5.41, 5.74) is 0. The van der Waals surface area contributed by atoms with Gasteiger partial charge >= 0.3 is 31.2 Å². The van der Waals surface area contributed by atoms with E-state index in [0.717, 1.165) is 0 Å². The Morgan fingerprint density at radius 1 is 0.468 bits per heavy atom. The first-order chi connectivity index (χ1) is 35.6. The molecule has 0 aromatic rings. The molecule has 14 N–H and O–H groups in total. The third-order valence-electron chi connectivity index (χ3n) is 13.3. The van der Waals surface area contributed by atoms with Crippen molar-refractivity contribution in [2.75, 3.05) is 39.6 Å². The number of aldehydes is 1. The van der Waals surface area contributed by atoms with Crippen LogP contribution in [0.25, 0.3) is 0 Å². The molecule has 0 aromatic carbocycles.